The van der Waals surface area contributed by atoms with Crippen LogP contribution >= 0.6 is 0 Å². The molecule has 0 N–H and O–H groups in total. The molecular formula is C41H28N6. The van der Waals surface area contributed by atoms with E-state index in [-0.39, 0.29) is 0 Å². The van der Waals surface area contributed by atoms with Crippen LogP contribution in [0.25, 0.3) is 61.7 Å². The van der Waals surface area contributed by atoms with E-state index in [4.69, 9.17) is 15.0 Å². The summed E-state index contributed by atoms with van der Waals surface area (Å²) in [5.74, 6) is 1.84. The van der Waals surface area contributed by atoms with Crippen LogP contribution in [-0.4, -0.2) is 26.2 Å². The van der Waals surface area contributed by atoms with E-state index in [0.29, 0.717) is 24.1 Å². The number of hydrogen-bond donors (Lipinski definition) is 0. The summed E-state index contributed by atoms with van der Waals surface area (Å²) >= 11 is 0. The fraction of sp³-hybridized carbons (Fsp3) is 0.0244. The number of benzene rings is 6. The highest BCUT2D eigenvalue weighted by Gasteiger charge is 2.29. The number of hydrogen-bond acceptors (Lipinski definition) is 5. The van der Waals surface area contributed by atoms with E-state index >= 15 is 0 Å². The Hall–Kier alpha value is -6.40. The molecule has 3 heterocycles. The van der Waals surface area contributed by atoms with Crippen molar-refractivity contribution in [1.82, 2.24) is 19.5 Å². The summed E-state index contributed by atoms with van der Waals surface area (Å²) in [6.45, 7) is 4.53. The van der Waals surface area contributed by atoms with E-state index in [1.165, 1.54) is 11.1 Å². The van der Waals surface area contributed by atoms with Crippen LogP contribution in [-0.2, 0) is 6.54 Å². The van der Waals surface area contributed by atoms with Crippen LogP contribution in [0.1, 0.15) is 5.56 Å². The van der Waals surface area contributed by atoms with Gasteiger partial charge in [0.2, 0.25) is 5.95 Å². The number of anilines is 2. The number of para-hydroxylation sites is 4. The van der Waals surface area contributed by atoms with Crippen LogP contribution in [0.3, 0.4) is 0 Å². The van der Waals surface area contributed by atoms with Crippen molar-refractivity contribution in [2.24, 2.45) is 4.99 Å². The molecule has 0 unspecified atom stereocenters. The second kappa shape index (κ2) is 10.9. The number of fused-ring (bicyclic) bond motifs is 7. The van der Waals surface area contributed by atoms with Gasteiger partial charge in [-0.1, -0.05) is 121 Å². The van der Waals surface area contributed by atoms with Crippen molar-refractivity contribution < 1.29 is 0 Å². The summed E-state index contributed by atoms with van der Waals surface area (Å²) in [4.78, 5) is 22.0. The lowest BCUT2D eigenvalue weighted by Gasteiger charge is -2.34. The van der Waals surface area contributed by atoms with Crippen molar-refractivity contribution >= 4 is 45.6 Å². The molecule has 0 aliphatic carbocycles. The van der Waals surface area contributed by atoms with Crippen molar-refractivity contribution in [2.45, 2.75) is 6.54 Å². The van der Waals surface area contributed by atoms with E-state index in [0.717, 1.165) is 55.6 Å². The van der Waals surface area contributed by atoms with Crippen LogP contribution in [0.5, 0.6) is 0 Å². The first-order chi connectivity index (χ1) is 23.3. The Labute approximate surface area is 272 Å². The topological polar surface area (TPSA) is 59.2 Å². The van der Waals surface area contributed by atoms with E-state index in [1.54, 1.807) is 0 Å². The van der Waals surface area contributed by atoms with E-state index in [9.17, 15) is 0 Å². The van der Waals surface area contributed by atoms with Gasteiger partial charge in [0.05, 0.1) is 22.4 Å². The highest BCUT2D eigenvalue weighted by Crippen LogP contribution is 2.49. The molecule has 0 atom stereocenters. The van der Waals surface area contributed by atoms with Crippen LogP contribution in [0.4, 0.5) is 17.1 Å². The lowest BCUT2D eigenvalue weighted by Crippen LogP contribution is -2.22. The maximum absolute atomic E-state index is 5.17. The normalized spacial score (nSPS) is 12.2. The molecule has 6 aromatic carbocycles. The predicted molar refractivity (Wildman–Crippen MR) is 192 cm³/mol. The van der Waals surface area contributed by atoms with Crippen LogP contribution in [0.15, 0.2) is 151 Å². The molecule has 0 spiro atoms. The molecule has 9 rings (SSSR count). The maximum atomic E-state index is 5.17. The van der Waals surface area contributed by atoms with Crippen molar-refractivity contribution in [2.75, 3.05) is 4.90 Å². The lowest BCUT2D eigenvalue weighted by molar-refractivity contribution is 0.943. The van der Waals surface area contributed by atoms with Gasteiger partial charge in [-0.25, -0.2) is 4.98 Å². The Balaban J connectivity index is 1.36. The standard InChI is InChI=1S/C41H28N6/c1-42-33-20-10-13-23-36(33)46-26-29-24-25-31-30-18-8-12-22-35(30)47(38(31)37(29)32-19-9-11-21-34(32)46)41-44-39(27-14-4-2-5-15-27)43-40(45-41)28-16-6-3-7-17-28/h2-25H,1,26H2. The number of aromatic nitrogens is 4. The average molecular weight is 605 g/mol. The summed E-state index contributed by atoms with van der Waals surface area (Å²) in [6.07, 6.45) is 0. The van der Waals surface area contributed by atoms with E-state index in [1.807, 2.05) is 72.8 Å². The van der Waals surface area contributed by atoms with Gasteiger partial charge in [0, 0.05) is 45.3 Å². The molecule has 6 nitrogen and oxygen atoms in total. The largest absolute Gasteiger partial charge is 0.335 e. The molecule has 0 radical (unpaired) electrons. The van der Waals surface area contributed by atoms with Crippen molar-refractivity contribution in [3.63, 3.8) is 0 Å². The Morgan fingerprint density at radius 2 is 1.17 bits per heavy atom. The van der Waals surface area contributed by atoms with Crippen molar-refractivity contribution in [1.29, 1.82) is 0 Å². The van der Waals surface area contributed by atoms with Gasteiger partial charge in [0.25, 0.3) is 0 Å². The third-order valence-corrected chi connectivity index (χ3v) is 8.95. The highest BCUT2D eigenvalue weighted by atomic mass is 15.2. The number of nitrogens with zero attached hydrogens (tertiary/aromatic N) is 6. The minimum Gasteiger partial charge on any atom is -0.335 e. The second-order valence-corrected chi connectivity index (χ2v) is 11.6. The molecule has 0 amide bonds. The quantitative estimate of drug-likeness (QED) is 0.184. The lowest BCUT2D eigenvalue weighted by atomic mass is 9.90. The van der Waals surface area contributed by atoms with Crippen molar-refractivity contribution in [3.05, 3.63) is 151 Å². The molecule has 47 heavy (non-hydrogen) atoms. The Bertz CT molecular complexity index is 2410. The van der Waals surface area contributed by atoms with Crippen molar-refractivity contribution in [3.8, 4) is 39.9 Å². The summed E-state index contributed by atoms with van der Waals surface area (Å²) in [5, 5.41) is 2.30. The van der Waals surface area contributed by atoms with Gasteiger partial charge in [-0.15, -0.1) is 0 Å². The minimum atomic E-state index is 0.582. The first kappa shape index (κ1) is 27.0. The molecule has 0 saturated heterocycles. The van der Waals surface area contributed by atoms with Crippen LogP contribution in [0.2, 0.25) is 0 Å². The van der Waals surface area contributed by atoms with Gasteiger partial charge in [-0.2, -0.15) is 9.97 Å². The van der Waals surface area contributed by atoms with Gasteiger partial charge in [0.15, 0.2) is 11.6 Å². The third-order valence-electron chi connectivity index (χ3n) is 8.95. The highest BCUT2D eigenvalue weighted by molar-refractivity contribution is 6.15. The van der Waals surface area contributed by atoms with Crippen LogP contribution < -0.4 is 4.90 Å². The molecule has 0 bridgehead atoms. The Kier molecular flexibility index (Phi) is 6.25. The monoisotopic (exact) mass is 604 g/mol. The molecule has 6 heteroatoms. The summed E-state index contributed by atoms with van der Waals surface area (Å²) in [6, 6.07) is 50.1. The van der Waals surface area contributed by atoms with E-state index < -0.39 is 0 Å². The van der Waals surface area contributed by atoms with E-state index in [2.05, 4.69) is 94.0 Å². The van der Waals surface area contributed by atoms with Gasteiger partial charge in [-0.05, 0) is 36.5 Å². The molecule has 0 fully saturated rings. The fourth-order valence-electron chi connectivity index (χ4n) is 6.85. The Morgan fingerprint density at radius 1 is 0.553 bits per heavy atom. The fourth-order valence-corrected chi connectivity index (χ4v) is 6.85. The summed E-state index contributed by atoms with van der Waals surface area (Å²) in [7, 11) is 0. The van der Waals surface area contributed by atoms with Crippen LogP contribution in [0, 0.1) is 0 Å². The van der Waals surface area contributed by atoms with Gasteiger partial charge >= 0.3 is 0 Å². The molecule has 8 aromatic rings. The zero-order chi connectivity index (χ0) is 31.3. The smallest absolute Gasteiger partial charge is 0.238 e. The zero-order valence-electron chi connectivity index (χ0n) is 25.5. The molecule has 1 aliphatic heterocycles. The number of rotatable bonds is 5. The molecular weight excluding hydrogens is 576 g/mol. The zero-order valence-corrected chi connectivity index (χ0v) is 25.5. The predicted octanol–water partition coefficient (Wildman–Crippen LogP) is 9.95. The maximum Gasteiger partial charge on any atom is 0.238 e. The molecule has 1 aliphatic rings. The molecule has 222 valence electrons. The average Bonchev–Trinajstić information content (AvgIpc) is 3.49. The van der Waals surface area contributed by atoms with Gasteiger partial charge < -0.3 is 4.90 Å². The first-order valence-corrected chi connectivity index (χ1v) is 15.6. The SMILES string of the molecule is C=Nc1ccccc1N1Cc2ccc3c4ccccc4n(-c4nc(-c5ccccc5)nc(-c5ccccc5)n4)c3c2-c2ccccc21. The summed E-state index contributed by atoms with van der Waals surface area (Å²) in [5.41, 5.74) is 10.5. The minimum absolute atomic E-state index is 0.582. The third kappa shape index (κ3) is 4.34. The Morgan fingerprint density at radius 3 is 1.89 bits per heavy atom. The summed E-state index contributed by atoms with van der Waals surface area (Å²) < 4.78 is 2.23. The first-order valence-electron chi connectivity index (χ1n) is 15.6. The molecule has 0 saturated carbocycles. The van der Waals surface area contributed by atoms with Gasteiger partial charge in [-0.3, -0.25) is 9.56 Å². The van der Waals surface area contributed by atoms with Gasteiger partial charge in [0.1, 0.15) is 0 Å². The molecule has 2 aromatic heterocycles. The second-order valence-electron chi connectivity index (χ2n) is 11.6. The number of aliphatic imine (C=N–C) groups is 1.